The van der Waals surface area contributed by atoms with E-state index in [1.54, 1.807) is 18.9 Å². The van der Waals surface area contributed by atoms with Gasteiger partial charge in [-0.15, -0.1) is 0 Å². The van der Waals surface area contributed by atoms with Crippen LogP contribution >= 0.6 is 0 Å². The smallest absolute Gasteiger partial charge is 0.249 e. The zero-order valence-electron chi connectivity index (χ0n) is 13.7. The molecule has 2 atom stereocenters. The Kier molecular flexibility index (Phi) is 5.18. The summed E-state index contributed by atoms with van der Waals surface area (Å²) in [6.45, 7) is 5.91. The fourth-order valence-electron chi connectivity index (χ4n) is 3.02. The number of amides is 1. The Morgan fingerprint density at radius 2 is 2.18 bits per heavy atom. The van der Waals surface area contributed by atoms with E-state index in [1.807, 2.05) is 13.8 Å². The maximum Gasteiger partial charge on any atom is 0.249 e. The summed E-state index contributed by atoms with van der Waals surface area (Å²) in [6.07, 6.45) is 1.73. The van der Waals surface area contributed by atoms with Gasteiger partial charge in [0, 0.05) is 20.1 Å². The van der Waals surface area contributed by atoms with E-state index in [0.717, 1.165) is 0 Å². The number of aryl methyl sites for hydroxylation is 1. The first-order valence-corrected chi connectivity index (χ1v) is 7.76. The quantitative estimate of drug-likeness (QED) is 0.855. The number of ether oxygens (including phenoxy) is 1. The van der Waals surface area contributed by atoms with Crippen molar-refractivity contribution in [3.8, 4) is 0 Å². The number of carbonyl (C=O) groups is 1. The average Bonchev–Trinajstić information content (AvgIpc) is 3.15. The molecular weight excluding hydrogens is 286 g/mol. The Labute approximate surface area is 130 Å². The summed E-state index contributed by atoms with van der Waals surface area (Å²) < 4.78 is 10.7. The van der Waals surface area contributed by atoms with Crippen molar-refractivity contribution in [3.63, 3.8) is 0 Å². The average molecular weight is 311 g/mol. The molecule has 0 aromatic carbocycles. The van der Waals surface area contributed by atoms with Crippen LogP contribution in [0, 0.1) is 12.3 Å². The lowest BCUT2D eigenvalue weighted by molar-refractivity contribution is -0.147. The van der Waals surface area contributed by atoms with Crippen molar-refractivity contribution < 1.29 is 19.2 Å². The number of methoxy groups -OCH3 is 1. The van der Waals surface area contributed by atoms with Gasteiger partial charge in [0.2, 0.25) is 11.8 Å². The summed E-state index contributed by atoms with van der Waals surface area (Å²) in [5.74, 6) is 0.910. The summed E-state index contributed by atoms with van der Waals surface area (Å²) in [6, 6.07) is -0.289. The maximum atomic E-state index is 13.0. The summed E-state index contributed by atoms with van der Waals surface area (Å²) in [4.78, 5) is 19.0. The molecule has 0 spiro atoms. The molecule has 1 aromatic heterocycles. The van der Waals surface area contributed by atoms with Crippen LogP contribution in [-0.4, -0.2) is 52.4 Å². The number of nitrogens with zero attached hydrogens (tertiary/aromatic N) is 3. The van der Waals surface area contributed by atoms with Crippen molar-refractivity contribution in [3.05, 3.63) is 11.7 Å². The highest BCUT2D eigenvalue weighted by Gasteiger charge is 2.46. The van der Waals surface area contributed by atoms with E-state index < -0.39 is 5.41 Å². The largest absolute Gasteiger partial charge is 0.395 e. The van der Waals surface area contributed by atoms with E-state index in [2.05, 4.69) is 10.1 Å². The van der Waals surface area contributed by atoms with Gasteiger partial charge in [0.25, 0.3) is 0 Å². The van der Waals surface area contributed by atoms with Gasteiger partial charge < -0.3 is 19.3 Å². The monoisotopic (exact) mass is 311 g/mol. The Morgan fingerprint density at radius 3 is 2.64 bits per heavy atom. The molecular formula is C15H25N3O4. The van der Waals surface area contributed by atoms with Crippen molar-refractivity contribution in [1.82, 2.24) is 15.0 Å². The van der Waals surface area contributed by atoms with Gasteiger partial charge in [0.05, 0.1) is 18.1 Å². The number of hydrogen-bond donors (Lipinski definition) is 1. The Balaban J connectivity index is 2.31. The first kappa shape index (κ1) is 16.9. The lowest BCUT2D eigenvalue weighted by atomic mass is 9.81. The number of aromatic nitrogens is 2. The van der Waals surface area contributed by atoms with E-state index >= 15 is 0 Å². The van der Waals surface area contributed by atoms with Crippen LogP contribution in [0.3, 0.4) is 0 Å². The van der Waals surface area contributed by atoms with Crippen molar-refractivity contribution in [2.24, 2.45) is 5.41 Å². The molecule has 0 saturated carbocycles. The molecule has 1 saturated heterocycles. The number of hydrogen-bond acceptors (Lipinski definition) is 6. The van der Waals surface area contributed by atoms with Gasteiger partial charge in [-0.05, 0) is 19.8 Å². The third-order valence-corrected chi connectivity index (χ3v) is 4.80. The Hall–Kier alpha value is -1.47. The molecule has 0 radical (unpaired) electrons. The van der Waals surface area contributed by atoms with Gasteiger partial charge in [0.1, 0.15) is 6.04 Å². The minimum Gasteiger partial charge on any atom is -0.395 e. The first-order chi connectivity index (χ1) is 10.5. The standard InChI is InChI=1S/C15H25N3O4/c1-5-15(6-2,9-19)14(20)18-8-11(21-4)7-12(18)13-16-10(3)17-22-13/h11-12,19H,5-9H2,1-4H3/t11-,12+/m0/s1. The number of carbonyl (C=O) groups excluding carboxylic acids is 1. The molecule has 0 aliphatic carbocycles. The van der Waals surface area contributed by atoms with Gasteiger partial charge in [-0.25, -0.2) is 0 Å². The van der Waals surface area contributed by atoms with Crippen molar-refractivity contribution in [2.45, 2.75) is 52.2 Å². The molecule has 7 heteroatoms. The van der Waals surface area contributed by atoms with Crippen LogP contribution < -0.4 is 0 Å². The second kappa shape index (κ2) is 6.75. The Bertz CT molecular complexity index is 504. The minimum atomic E-state index is -0.754. The normalized spacial score (nSPS) is 22.3. The van der Waals surface area contributed by atoms with Crippen LogP contribution in [0.2, 0.25) is 0 Å². The lowest BCUT2D eigenvalue weighted by Crippen LogP contribution is -2.46. The van der Waals surface area contributed by atoms with Crippen LogP contribution in [0.1, 0.15) is 50.9 Å². The Morgan fingerprint density at radius 1 is 1.50 bits per heavy atom. The molecule has 22 heavy (non-hydrogen) atoms. The molecule has 1 aromatic rings. The molecule has 1 aliphatic heterocycles. The fraction of sp³-hybridized carbons (Fsp3) is 0.800. The van der Waals surface area contributed by atoms with Crippen molar-refractivity contribution in [2.75, 3.05) is 20.3 Å². The van der Waals surface area contributed by atoms with Crippen LogP contribution in [0.15, 0.2) is 4.52 Å². The molecule has 1 aliphatic rings. The molecule has 124 valence electrons. The van der Waals surface area contributed by atoms with Gasteiger partial charge >= 0.3 is 0 Å². The van der Waals surface area contributed by atoms with E-state index in [0.29, 0.717) is 37.5 Å². The van der Waals surface area contributed by atoms with Crippen molar-refractivity contribution in [1.29, 1.82) is 0 Å². The minimum absolute atomic E-state index is 0.0636. The molecule has 7 nitrogen and oxygen atoms in total. The molecule has 0 bridgehead atoms. The van der Waals surface area contributed by atoms with Gasteiger partial charge in [-0.3, -0.25) is 4.79 Å². The molecule has 2 heterocycles. The highest BCUT2D eigenvalue weighted by Crippen LogP contribution is 2.38. The molecule has 0 unspecified atom stereocenters. The number of aliphatic hydroxyl groups is 1. The summed E-state index contributed by atoms with van der Waals surface area (Å²) in [5.41, 5.74) is -0.754. The van der Waals surface area contributed by atoms with Gasteiger partial charge in [0.15, 0.2) is 5.82 Å². The highest BCUT2D eigenvalue weighted by molar-refractivity contribution is 5.83. The van der Waals surface area contributed by atoms with E-state index in [-0.39, 0.29) is 24.7 Å². The second-order valence-electron chi connectivity index (χ2n) is 5.89. The zero-order chi connectivity index (χ0) is 16.3. The van der Waals surface area contributed by atoms with E-state index in [9.17, 15) is 9.90 Å². The van der Waals surface area contributed by atoms with Crippen LogP contribution in [0.25, 0.3) is 0 Å². The summed E-state index contributed by atoms with van der Waals surface area (Å²) in [7, 11) is 1.63. The predicted octanol–water partition coefficient (Wildman–Crippen LogP) is 1.47. The SMILES string of the molecule is CCC(CC)(CO)C(=O)N1C[C@@H](OC)C[C@@H]1c1nc(C)no1. The first-order valence-electron chi connectivity index (χ1n) is 7.76. The number of likely N-dealkylation sites (tertiary alicyclic amines) is 1. The molecule has 2 rings (SSSR count). The van der Waals surface area contributed by atoms with Crippen LogP contribution in [-0.2, 0) is 9.53 Å². The third kappa shape index (κ3) is 2.87. The van der Waals surface area contributed by atoms with Crippen LogP contribution in [0.5, 0.6) is 0 Å². The van der Waals surface area contributed by atoms with E-state index in [1.165, 1.54) is 0 Å². The molecule has 1 amide bonds. The number of aliphatic hydroxyl groups excluding tert-OH is 1. The molecule has 1 N–H and O–H groups in total. The van der Waals surface area contributed by atoms with E-state index in [4.69, 9.17) is 9.26 Å². The second-order valence-corrected chi connectivity index (χ2v) is 5.89. The third-order valence-electron chi connectivity index (χ3n) is 4.80. The lowest BCUT2D eigenvalue weighted by Gasteiger charge is -2.34. The number of rotatable bonds is 6. The fourth-order valence-corrected chi connectivity index (χ4v) is 3.02. The summed E-state index contributed by atoms with van der Waals surface area (Å²) >= 11 is 0. The molecule has 1 fully saturated rings. The van der Waals surface area contributed by atoms with Crippen LogP contribution in [0.4, 0.5) is 0 Å². The van der Waals surface area contributed by atoms with Gasteiger partial charge in [-0.2, -0.15) is 4.98 Å². The predicted molar refractivity (Wildman–Crippen MR) is 79.0 cm³/mol. The van der Waals surface area contributed by atoms with Gasteiger partial charge in [-0.1, -0.05) is 19.0 Å². The highest BCUT2D eigenvalue weighted by atomic mass is 16.5. The maximum absolute atomic E-state index is 13.0. The summed E-state index contributed by atoms with van der Waals surface area (Å²) in [5, 5.41) is 13.6. The van der Waals surface area contributed by atoms with Crippen molar-refractivity contribution >= 4 is 5.91 Å². The topological polar surface area (TPSA) is 88.7 Å². The zero-order valence-corrected chi connectivity index (χ0v) is 13.7.